The van der Waals surface area contributed by atoms with Crippen molar-refractivity contribution in [1.29, 1.82) is 0 Å². The van der Waals surface area contributed by atoms with Crippen LogP contribution in [0.25, 0.3) is 0 Å². The van der Waals surface area contributed by atoms with Crippen LogP contribution in [0.2, 0.25) is 0 Å². The lowest BCUT2D eigenvalue weighted by Crippen LogP contribution is -2.29. The average molecular weight is 293 g/mol. The van der Waals surface area contributed by atoms with Gasteiger partial charge in [-0.25, -0.2) is 4.39 Å². The second kappa shape index (κ2) is 6.38. The van der Waals surface area contributed by atoms with E-state index in [0.29, 0.717) is 18.7 Å². The van der Waals surface area contributed by atoms with E-state index in [1.54, 1.807) is 6.07 Å². The first-order valence-electron chi connectivity index (χ1n) is 6.64. The molecule has 0 aliphatic heterocycles. The van der Waals surface area contributed by atoms with Crippen molar-refractivity contribution in [2.45, 2.75) is 25.4 Å². The van der Waals surface area contributed by atoms with Gasteiger partial charge in [-0.3, -0.25) is 0 Å². The summed E-state index contributed by atoms with van der Waals surface area (Å²) < 4.78 is 13.4. The molecule has 0 amide bonds. The lowest BCUT2D eigenvalue weighted by molar-refractivity contribution is 0.0334. The normalized spacial score (nSPS) is 14.0. The van der Waals surface area contributed by atoms with Crippen LogP contribution in [0.15, 0.2) is 48.5 Å². The maximum atomic E-state index is 13.4. The first kappa shape index (κ1) is 15.0. The van der Waals surface area contributed by atoms with Crippen molar-refractivity contribution in [3.63, 3.8) is 0 Å². The molecule has 2 rings (SSSR count). The van der Waals surface area contributed by atoms with Gasteiger partial charge in [0.2, 0.25) is 0 Å². The minimum atomic E-state index is -1.07. The molecule has 0 aromatic heterocycles. The van der Waals surface area contributed by atoms with Gasteiger partial charge in [0.15, 0.2) is 0 Å². The Kier molecular flexibility index (Phi) is 4.79. The molecule has 1 unspecified atom stereocenters. The fraction of sp³-hybridized carbons (Fsp3) is 0.294. The number of rotatable bonds is 5. The van der Waals surface area contributed by atoms with Gasteiger partial charge < -0.3 is 5.11 Å². The summed E-state index contributed by atoms with van der Waals surface area (Å²) in [4.78, 5) is 0. The smallest absolute Gasteiger partial charge is 0.123 e. The molecule has 1 N–H and O–H groups in total. The Hall–Kier alpha value is -1.38. The summed E-state index contributed by atoms with van der Waals surface area (Å²) in [6.07, 6.45) is 0.780. The minimum absolute atomic E-state index is 0.285. The van der Waals surface area contributed by atoms with Gasteiger partial charge in [0.05, 0.1) is 5.60 Å². The Morgan fingerprint density at radius 1 is 1.15 bits per heavy atom. The second-order valence-corrected chi connectivity index (χ2v) is 5.46. The standard InChI is InChI=1S/C17H18ClFO/c1-13-7-8-16(19)11-14(13)12-17(20,9-10-18)15-5-3-2-4-6-15/h2-8,11,20H,9-10,12H2,1H3. The SMILES string of the molecule is Cc1ccc(F)cc1CC(O)(CCCl)c1ccccc1. The third-order valence-electron chi connectivity index (χ3n) is 3.61. The molecule has 106 valence electrons. The first-order valence-corrected chi connectivity index (χ1v) is 7.17. The predicted molar refractivity (Wildman–Crippen MR) is 80.5 cm³/mol. The van der Waals surface area contributed by atoms with Crippen molar-refractivity contribution in [3.05, 3.63) is 71.0 Å². The van der Waals surface area contributed by atoms with Gasteiger partial charge in [-0.15, -0.1) is 11.6 Å². The monoisotopic (exact) mass is 292 g/mol. The van der Waals surface area contributed by atoms with E-state index in [1.165, 1.54) is 12.1 Å². The van der Waals surface area contributed by atoms with Gasteiger partial charge in [0, 0.05) is 12.3 Å². The molecular weight excluding hydrogens is 275 g/mol. The van der Waals surface area contributed by atoms with Gasteiger partial charge in [0.25, 0.3) is 0 Å². The summed E-state index contributed by atoms with van der Waals surface area (Å²) in [5, 5.41) is 10.9. The number of aliphatic hydroxyl groups is 1. The average Bonchev–Trinajstić information content (AvgIpc) is 2.44. The topological polar surface area (TPSA) is 20.2 Å². The van der Waals surface area contributed by atoms with E-state index >= 15 is 0 Å². The number of benzene rings is 2. The van der Waals surface area contributed by atoms with E-state index in [4.69, 9.17) is 11.6 Å². The summed E-state index contributed by atoms with van der Waals surface area (Å²) in [7, 11) is 0. The Bertz CT molecular complexity index is 570. The molecule has 2 aromatic carbocycles. The number of hydrogen-bond donors (Lipinski definition) is 1. The minimum Gasteiger partial charge on any atom is -0.385 e. The van der Waals surface area contributed by atoms with Crippen LogP contribution in [0.3, 0.4) is 0 Å². The molecule has 1 atom stereocenters. The number of aryl methyl sites for hydroxylation is 1. The van der Waals surface area contributed by atoms with Crippen LogP contribution >= 0.6 is 11.6 Å². The molecule has 0 spiro atoms. The molecule has 0 aliphatic carbocycles. The summed E-state index contributed by atoms with van der Waals surface area (Å²) in [6, 6.07) is 14.1. The zero-order valence-corrected chi connectivity index (χ0v) is 12.2. The first-order chi connectivity index (χ1) is 9.55. The zero-order chi connectivity index (χ0) is 14.6. The Labute approximate surface area is 124 Å². The Balaban J connectivity index is 2.36. The summed E-state index contributed by atoms with van der Waals surface area (Å²) >= 11 is 5.84. The Morgan fingerprint density at radius 3 is 2.50 bits per heavy atom. The molecule has 0 heterocycles. The third-order valence-corrected chi connectivity index (χ3v) is 3.80. The van der Waals surface area contributed by atoms with Crippen molar-refractivity contribution >= 4 is 11.6 Å². The molecular formula is C17H18ClFO. The van der Waals surface area contributed by atoms with Gasteiger partial charge in [-0.2, -0.15) is 0 Å². The van der Waals surface area contributed by atoms with Crippen molar-refractivity contribution in [1.82, 2.24) is 0 Å². The quantitative estimate of drug-likeness (QED) is 0.819. The highest BCUT2D eigenvalue weighted by Gasteiger charge is 2.29. The molecule has 2 aromatic rings. The predicted octanol–water partition coefficient (Wildman–Crippen LogP) is 4.19. The van der Waals surface area contributed by atoms with E-state index < -0.39 is 5.60 Å². The van der Waals surface area contributed by atoms with Crippen molar-refractivity contribution in [2.24, 2.45) is 0 Å². The molecule has 0 saturated carbocycles. The van der Waals surface area contributed by atoms with Crippen LogP contribution in [-0.4, -0.2) is 11.0 Å². The van der Waals surface area contributed by atoms with Crippen LogP contribution in [0, 0.1) is 12.7 Å². The fourth-order valence-corrected chi connectivity index (χ4v) is 2.70. The largest absolute Gasteiger partial charge is 0.385 e. The maximum absolute atomic E-state index is 13.4. The second-order valence-electron chi connectivity index (χ2n) is 5.08. The summed E-state index contributed by atoms with van der Waals surface area (Å²) in [5.41, 5.74) is 1.52. The van der Waals surface area contributed by atoms with E-state index in [-0.39, 0.29) is 5.82 Å². The van der Waals surface area contributed by atoms with Crippen LogP contribution in [-0.2, 0) is 12.0 Å². The van der Waals surface area contributed by atoms with E-state index in [0.717, 1.165) is 16.7 Å². The van der Waals surface area contributed by atoms with Gasteiger partial charge in [-0.05, 0) is 42.2 Å². The fourth-order valence-electron chi connectivity index (χ4n) is 2.39. The van der Waals surface area contributed by atoms with Gasteiger partial charge >= 0.3 is 0 Å². The van der Waals surface area contributed by atoms with Crippen LogP contribution < -0.4 is 0 Å². The van der Waals surface area contributed by atoms with Crippen molar-refractivity contribution in [3.8, 4) is 0 Å². The molecule has 3 heteroatoms. The molecule has 20 heavy (non-hydrogen) atoms. The molecule has 0 radical (unpaired) electrons. The Morgan fingerprint density at radius 2 is 1.85 bits per heavy atom. The lowest BCUT2D eigenvalue weighted by Gasteiger charge is -2.29. The van der Waals surface area contributed by atoms with Crippen LogP contribution in [0.4, 0.5) is 4.39 Å². The molecule has 0 aliphatic rings. The molecule has 1 nitrogen and oxygen atoms in total. The van der Waals surface area contributed by atoms with E-state index in [2.05, 4.69) is 0 Å². The van der Waals surface area contributed by atoms with Gasteiger partial charge in [-0.1, -0.05) is 36.4 Å². The van der Waals surface area contributed by atoms with Crippen molar-refractivity contribution in [2.75, 3.05) is 5.88 Å². The molecule has 0 fully saturated rings. The van der Waals surface area contributed by atoms with Crippen LogP contribution in [0.5, 0.6) is 0 Å². The van der Waals surface area contributed by atoms with Gasteiger partial charge in [0.1, 0.15) is 5.82 Å². The highest BCUT2D eigenvalue weighted by molar-refractivity contribution is 6.17. The number of halogens is 2. The summed E-state index contributed by atoms with van der Waals surface area (Å²) in [5.74, 6) is 0.0617. The lowest BCUT2D eigenvalue weighted by atomic mass is 9.84. The number of hydrogen-bond acceptors (Lipinski definition) is 1. The van der Waals surface area contributed by atoms with E-state index in [9.17, 15) is 9.50 Å². The highest BCUT2D eigenvalue weighted by Crippen LogP contribution is 2.31. The third kappa shape index (κ3) is 3.38. The van der Waals surface area contributed by atoms with Crippen LogP contribution in [0.1, 0.15) is 23.1 Å². The molecule has 0 saturated heterocycles. The number of alkyl halides is 1. The maximum Gasteiger partial charge on any atom is 0.123 e. The highest BCUT2D eigenvalue weighted by atomic mass is 35.5. The molecule has 0 bridgehead atoms. The zero-order valence-electron chi connectivity index (χ0n) is 11.4. The summed E-state index contributed by atoms with van der Waals surface area (Å²) in [6.45, 7) is 1.92. The van der Waals surface area contributed by atoms with Crippen molar-refractivity contribution < 1.29 is 9.50 Å². The van der Waals surface area contributed by atoms with E-state index in [1.807, 2.05) is 37.3 Å².